The third-order valence-electron chi connectivity index (χ3n) is 2.48. The lowest BCUT2D eigenvalue weighted by Gasteiger charge is -2.11. The van der Waals surface area contributed by atoms with Gasteiger partial charge < -0.3 is 15.2 Å². The fraction of sp³-hybridized carbons (Fsp3) is 0. The van der Waals surface area contributed by atoms with Crippen molar-refractivity contribution in [2.75, 3.05) is 5.32 Å². The van der Waals surface area contributed by atoms with Gasteiger partial charge in [0.05, 0.1) is 11.7 Å². The van der Waals surface area contributed by atoms with E-state index < -0.39 is 5.97 Å². The number of halogens is 1. The van der Waals surface area contributed by atoms with Crippen LogP contribution >= 0.6 is 15.9 Å². The van der Waals surface area contributed by atoms with E-state index >= 15 is 0 Å². The van der Waals surface area contributed by atoms with Crippen LogP contribution in [-0.4, -0.2) is 11.9 Å². The van der Waals surface area contributed by atoms with Crippen molar-refractivity contribution in [3.63, 3.8) is 0 Å². The van der Waals surface area contributed by atoms with E-state index in [9.17, 15) is 14.7 Å². The molecule has 2 aromatic carbocycles. The maximum absolute atomic E-state index is 12.0. The molecule has 1 N–H and O–H groups in total. The number of carboxylic acids is 1. The Kier molecular flexibility index (Phi) is 3.97. The van der Waals surface area contributed by atoms with Gasteiger partial charge in [-0.1, -0.05) is 40.2 Å². The van der Waals surface area contributed by atoms with Gasteiger partial charge in [0.2, 0.25) is 0 Å². The molecule has 2 rings (SSSR count). The minimum Gasteiger partial charge on any atom is -0.545 e. The Morgan fingerprint density at radius 1 is 1.05 bits per heavy atom. The molecule has 0 atom stereocenters. The number of para-hydroxylation sites is 1. The molecule has 0 bridgehead atoms. The normalized spacial score (nSPS) is 9.95. The van der Waals surface area contributed by atoms with Crippen LogP contribution in [0.5, 0.6) is 0 Å². The second-order valence-corrected chi connectivity index (χ2v) is 4.71. The van der Waals surface area contributed by atoms with Gasteiger partial charge in [0.15, 0.2) is 0 Å². The highest BCUT2D eigenvalue weighted by Crippen LogP contribution is 2.17. The number of anilines is 1. The largest absolute Gasteiger partial charge is 0.545 e. The molecule has 0 unspecified atom stereocenters. The molecule has 5 heteroatoms. The number of carbonyl (C=O) groups is 2. The van der Waals surface area contributed by atoms with Crippen LogP contribution in [0.3, 0.4) is 0 Å². The summed E-state index contributed by atoms with van der Waals surface area (Å²) >= 11 is 3.27. The van der Waals surface area contributed by atoms with Crippen molar-refractivity contribution >= 4 is 33.5 Å². The zero-order chi connectivity index (χ0) is 13.8. The SMILES string of the molecule is O=C(Nc1ccccc1C(=O)[O-])c1cccc(Br)c1. The summed E-state index contributed by atoms with van der Waals surface area (Å²) in [5.41, 5.74) is 0.598. The molecular formula is C14H9BrNO3-. The predicted octanol–water partition coefficient (Wildman–Crippen LogP) is 2.06. The molecule has 0 aliphatic carbocycles. The molecular weight excluding hydrogens is 310 g/mol. The Morgan fingerprint density at radius 3 is 2.47 bits per heavy atom. The Balaban J connectivity index is 2.27. The van der Waals surface area contributed by atoms with Crippen LogP contribution in [0.4, 0.5) is 5.69 Å². The van der Waals surface area contributed by atoms with Gasteiger partial charge in [-0.3, -0.25) is 4.79 Å². The van der Waals surface area contributed by atoms with Crippen LogP contribution in [0.25, 0.3) is 0 Å². The minimum absolute atomic E-state index is 0.0501. The Morgan fingerprint density at radius 2 is 1.79 bits per heavy atom. The lowest BCUT2D eigenvalue weighted by atomic mass is 10.1. The first-order chi connectivity index (χ1) is 9.08. The second kappa shape index (κ2) is 5.67. The number of amides is 1. The number of hydrogen-bond acceptors (Lipinski definition) is 3. The fourth-order valence-electron chi connectivity index (χ4n) is 1.59. The van der Waals surface area contributed by atoms with Crippen molar-refractivity contribution in [3.05, 3.63) is 64.1 Å². The third-order valence-corrected chi connectivity index (χ3v) is 2.98. The monoisotopic (exact) mass is 318 g/mol. The van der Waals surface area contributed by atoms with Crippen LogP contribution < -0.4 is 10.4 Å². The highest BCUT2D eigenvalue weighted by molar-refractivity contribution is 9.10. The second-order valence-electron chi connectivity index (χ2n) is 3.80. The van der Waals surface area contributed by atoms with Crippen molar-refractivity contribution in [1.82, 2.24) is 0 Å². The molecule has 19 heavy (non-hydrogen) atoms. The van der Waals surface area contributed by atoms with Crippen molar-refractivity contribution in [2.24, 2.45) is 0 Å². The van der Waals surface area contributed by atoms with Crippen LogP contribution in [0, 0.1) is 0 Å². The van der Waals surface area contributed by atoms with Crippen molar-refractivity contribution in [1.29, 1.82) is 0 Å². The van der Waals surface area contributed by atoms with Crippen molar-refractivity contribution in [3.8, 4) is 0 Å². The molecule has 0 spiro atoms. The van der Waals surface area contributed by atoms with E-state index in [0.29, 0.717) is 5.56 Å². The highest BCUT2D eigenvalue weighted by atomic mass is 79.9. The first-order valence-electron chi connectivity index (χ1n) is 5.45. The third kappa shape index (κ3) is 3.20. The summed E-state index contributed by atoms with van der Waals surface area (Å²) in [6.45, 7) is 0. The van der Waals surface area contributed by atoms with Gasteiger partial charge in [-0.2, -0.15) is 0 Å². The van der Waals surface area contributed by atoms with Crippen LogP contribution in [-0.2, 0) is 0 Å². The quantitative estimate of drug-likeness (QED) is 0.941. The lowest BCUT2D eigenvalue weighted by Crippen LogP contribution is -2.24. The number of nitrogens with one attached hydrogen (secondary N) is 1. The standard InChI is InChI=1S/C14H10BrNO3/c15-10-5-3-4-9(8-10)13(17)16-12-7-2-1-6-11(12)14(18)19/h1-8H,(H,16,17)(H,18,19)/p-1. The van der Waals surface area contributed by atoms with Gasteiger partial charge in [-0.15, -0.1) is 0 Å². The van der Waals surface area contributed by atoms with E-state index in [2.05, 4.69) is 21.2 Å². The Labute approximate surface area is 118 Å². The number of hydrogen-bond donors (Lipinski definition) is 1. The maximum atomic E-state index is 12.0. The molecule has 2 aromatic rings. The van der Waals surface area contributed by atoms with Crippen molar-refractivity contribution in [2.45, 2.75) is 0 Å². The first kappa shape index (κ1) is 13.3. The van der Waals surface area contributed by atoms with Gasteiger partial charge >= 0.3 is 0 Å². The molecule has 0 fully saturated rings. The highest BCUT2D eigenvalue weighted by Gasteiger charge is 2.09. The summed E-state index contributed by atoms with van der Waals surface area (Å²) in [5, 5.41) is 13.5. The molecule has 0 saturated carbocycles. The number of carbonyl (C=O) groups excluding carboxylic acids is 2. The molecule has 0 aromatic heterocycles. The molecule has 0 heterocycles. The fourth-order valence-corrected chi connectivity index (χ4v) is 1.99. The molecule has 0 aliphatic heterocycles. The van der Waals surface area contributed by atoms with E-state index in [1.807, 2.05) is 0 Å². The molecule has 0 aliphatic rings. The smallest absolute Gasteiger partial charge is 0.255 e. The number of carboxylic acid groups (broad SMARTS) is 1. The molecule has 96 valence electrons. The number of benzene rings is 2. The average Bonchev–Trinajstić information content (AvgIpc) is 2.39. The average molecular weight is 319 g/mol. The Hall–Kier alpha value is -2.14. The zero-order valence-electron chi connectivity index (χ0n) is 9.72. The van der Waals surface area contributed by atoms with E-state index in [4.69, 9.17) is 0 Å². The number of aromatic carboxylic acids is 1. The van der Waals surface area contributed by atoms with Gasteiger partial charge in [-0.25, -0.2) is 0 Å². The predicted molar refractivity (Wildman–Crippen MR) is 72.9 cm³/mol. The van der Waals surface area contributed by atoms with Crippen molar-refractivity contribution < 1.29 is 14.7 Å². The summed E-state index contributed by atoms with van der Waals surface area (Å²) in [6.07, 6.45) is 0. The molecule has 4 nitrogen and oxygen atoms in total. The summed E-state index contributed by atoms with van der Waals surface area (Å²) in [5.74, 6) is -1.71. The van der Waals surface area contributed by atoms with E-state index in [1.165, 1.54) is 12.1 Å². The van der Waals surface area contributed by atoms with Gasteiger partial charge in [0.25, 0.3) is 5.91 Å². The van der Waals surface area contributed by atoms with Crippen LogP contribution in [0.15, 0.2) is 53.0 Å². The van der Waals surface area contributed by atoms with Gasteiger partial charge in [0.1, 0.15) is 0 Å². The Bertz CT molecular complexity index is 640. The van der Waals surface area contributed by atoms with Crippen LogP contribution in [0.2, 0.25) is 0 Å². The van der Waals surface area contributed by atoms with Gasteiger partial charge in [-0.05, 0) is 24.3 Å². The summed E-state index contributed by atoms with van der Waals surface area (Å²) in [7, 11) is 0. The number of rotatable bonds is 3. The summed E-state index contributed by atoms with van der Waals surface area (Å²) in [4.78, 5) is 22.9. The lowest BCUT2D eigenvalue weighted by molar-refractivity contribution is -0.254. The molecule has 1 amide bonds. The first-order valence-corrected chi connectivity index (χ1v) is 6.24. The van der Waals surface area contributed by atoms with E-state index in [0.717, 1.165) is 4.47 Å². The van der Waals surface area contributed by atoms with E-state index in [1.54, 1.807) is 36.4 Å². The summed E-state index contributed by atoms with van der Waals surface area (Å²) < 4.78 is 0.772. The van der Waals surface area contributed by atoms with Crippen LogP contribution in [0.1, 0.15) is 20.7 Å². The zero-order valence-corrected chi connectivity index (χ0v) is 11.3. The van der Waals surface area contributed by atoms with E-state index in [-0.39, 0.29) is 17.2 Å². The topological polar surface area (TPSA) is 69.2 Å². The molecule has 0 saturated heterocycles. The maximum Gasteiger partial charge on any atom is 0.255 e. The summed E-state index contributed by atoms with van der Waals surface area (Å²) in [6, 6.07) is 12.9. The molecule has 0 radical (unpaired) electrons. The minimum atomic E-state index is -1.33. The van der Waals surface area contributed by atoms with Gasteiger partial charge in [0, 0.05) is 15.6 Å².